The normalized spacial score (nSPS) is 15.6. The molecular weight excluding hydrogens is 340 g/mol. The van der Waals surface area contributed by atoms with Gasteiger partial charge in [0.25, 0.3) is 8.32 Å². The molecule has 0 aromatic heterocycles. The van der Waals surface area contributed by atoms with E-state index in [-0.39, 0.29) is 39.0 Å². The zero-order valence-corrected chi connectivity index (χ0v) is 16.9. The minimum absolute atomic E-state index is 0.0446. The zero-order valence-electron chi connectivity index (χ0n) is 15.1. The largest absolute Gasteiger partial charge is 0.539 e. The van der Waals surface area contributed by atoms with Crippen LogP contribution in [0.15, 0.2) is 35.1 Å². The second-order valence-electron chi connectivity index (χ2n) is 7.27. The molecule has 0 amide bonds. The van der Waals surface area contributed by atoms with Gasteiger partial charge in [-0.15, -0.1) is 0 Å². The summed E-state index contributed by atoms with van der Waals surface area (Å²) < 4.78 is 6.43. The van der Waals surface area contributed by atoms with Gasteiger partial charge in [-0.1, -0.05) is 77.4 Å². The van der Waals surface area contributed by atoms with Crippen molar-refractivity contribution in [2.45, 2.75) is 58.2 Å². The summed E-state index contributed by atoms with van der Waals surface area (Å²) in [6, 6.07) is 6.77. The van der Waals surface area contributed by atoms with Crippen LogP contribution >= 0.6 is 11.6 Å². The Morgan fingerprint density at radius 2 is 1.25 bits per heavy atom. The molecule has 0 atom stereocenters. The maximum Gasteiger partial charge on any atom is 0.259 e. The fourth-order valence-corrected chi connectivity index (χ4v) is 9.49. The number of carbonyl (C=O) groups excluding carboxylic acids is 2. The first-order chi connectivity index (χ1) is 11.1. The third-order valence-electron chi connectivity index (χ3n) is 5.01. The molecule has 1 aromatic rings. The predicted molar refractivity (Wildman–Crippen MR) is 100 cm³/mol. The van der Waals surface area contributed by atoms with Gasteiger partial charge < -0.3 is 4.43 Å². The number of carbonyl (C=O) groups is 2. The highest BCUT2D eigenvalue weighted by Gasteiger charge is 2.49. The van der Waals surface area contributed by atoms with E-state index in [2.05, 4.69) is 41.5 Å². The Labute approximate surface area is 150 Å². The Bertz CT molecular complexity index is 683. The number of benzene rings is 1. The molecule has 2 rings (SSSR count). The van der Waals surface area contributed by atoms with Crippen molar-refractivity contribution in [1.82, 2.24) is 0 Å². The van der Waals surface area contributed by atoms with Gasteiger partial charge >= 0.3 is 0 Å². The Morgan fingerprint density at radius 3 is 1.67 bits per heavy atom. The molecule has 1 aliphatic rings. The van der Waals surface area contributed by atoms with Crippen molar-refractivity contribution in [2.24, 2.45) is 0 Å². The fourth-order valence-electron chi connectivity index (χ4n) is 3.94. The van der Waals surface area contributed by atoms with E-state index in [9.17, 15) is 9.59 Å². The summed E-state index contributed by atoms with van der Waals surface area (Å²) in [6.45, 7) is 12.8. The smallest absolute Gasteiger partial charge is 0.259 e. The Morgan fingerprint density at radius 1 is 0.833 bits per heavy atom. The minimum Gasteiger partial charge on any atom is -0.539 e. The molecule has 0 saturated carbocycles. The van der Waals surface area contributed by atoms with E-state index in [1.165, 1.54) is 0 Å². The molecule has 0 saturated heterocycles. The van der Waals surface area contributed by atoms with E-state index in [4.69, 9.17) is 16.0 Å². The molecule has 0 unspecified atom stereocenters. The van der Waals surface area contributed by atoms with Crippen LogP contribution in [0.3, 0.4) is 0 Å². The molecule has 0 fully saturated rings. The van der Waals surface area contributed by atoms with Crippen molar-refractivity contribution in [2.75, 3.05) is 0 Å². The molecule has 0 heterocycles. The maximum atomic E-state index is 12.9. The van der Waals surface area contributed by atoms with Crippen LogP contribution in [-0.2, 0) is 4.43 Å². The zero-order chi connectivity index (χ0) is 18.2. The van der Waals surface area contributed by atoms with Crippen LogP contribution in [0.5, 0.6) is 0 Å². The second-order valence-corrected chi connectivity index (χ2v) is 13.0. The van der Waals surface area contributed by atoms with Crippen LogP contribution in [0.1, 0.15) is 62.3 Å². The quantitative estimate of drug-likeness (QED) is 0.628. The van der Waals surface area contributed by atoms with E-state index >= 15 is 0 Å². The van der Waals surface area contributed by atoms with Gasteiger partial charge in [-0.3, -0.25) is 9.59 Å². The summed E-state index contributed by atoms with van der Waals surface area (Å²) in [5.41, 5.74) is 1.59. The van der Waals surface area contributed by atoms with Crippen molar-refractivity contribution >= 4 is 31.5 Å². The molecule has 0 bridgehead atoms. The Hall–Kier alpha value is -1.39. The standard InChI is InChI=1S/C19H25ClO3Si/c1-11(2)24(12(3)4,13(5)6)23-19-16(20)17(21)14-9-7-8-10-15(14)18(19)22/h7-13H,1-6H3. The number of fused-ring (bicyclic) bond motifs is 1. The highest BCUT2D eigenvalue weighted by atomic mass is 35.5. The van der Waals surface area contributed by atoms with Gasteiger partial charge in [0.15, 0.2) is 5.76 Å². The molecule has 0 aliphatic heterocycles. The predicted octanol–water partition coefficient (Wildman–Crippen LogP) is 5.71. The number of hydrogen-bond donors (Lipinski definition) is 0. The van der Waals surface area contributed by atoms with E-state index in [1.54, 1.807) is 24.3 Å². The average Bonchev–Trinajstić information content (AvgIpc) is 2.52. The number of ketones is 2. The highest BCUT2D eigenvalue weighted by Crippen LogP contribution is 2.45. The molecule has 3 nitrogen and oxygen atoms in total. The first-order valence-electron chi connectivity index (χ1n) is 8.41. The minimum atomic E-state index is -2.36. The van der Waals surface area contributed by atoms with E-state index in [0.29, 0.717) is 11.1 Å². The highest BCUT2D eigenvalue weighted by molar-refractivity contribution is 6.78. The van der Waals surface area contributed by atoms with Crippen LogP contribution in [0.2, 0.25) is 16.6 Å². The van der Waals surface area contributed by atoms with E-state index in [0.717, 1.165) is 0 Å². The van der Waals surface area contributed by atoms with Crippen LogP contribution in [0, 0.1) is 0 Å². The average molecular weight is 365 g/mol. The van der Waals surface area contributed by atoms with Crippen molar-refractivity contribution in [1.29, 1.82) is 0 Å². The summed E-state index contributed by atoms with van der Waals surface area (Å²) in [4.78, 5) is 25.5. The number of halogens is 1. The van der Waals surface area contributed by atoms with Gasteiger partial charge in [0.05, 0.1) is 0 Å². The lowest BCUT2D eigenvalue weighted by Crippen LogP contribution is -2.48. The van der Waals surface area contributed by atoms with Crippen LogP contribution in [0.25, 0.3) is 0 Å². The third kappa shape index (κ3) is 2.86. The van der Waals surface area contributed by atoms with Gasteiger partial charge in [-0.05, 0) is 16.6 Å². The first-order valence-corrected chi connectivity index (χ1v) is 10.9. The van der Waals surface area contributed by atoms with Crippen molar-refractivity contribution in [3.05, 3.63) is 46.2 Å². The number of Topliss-reactive ketones (excluding diaryl/α,β-unsaturated/α-hetero) is 2. The lowest BCUT2D eigenvalue weighted by Gasteiger charge is -2.43. The van der Waals surface area contributed by atoms with Gasteiger partial charge in [0.2, 0.25) is 11.6 Å². The van der Waals surface area contributed by atoms with E-state index in [1.807, 2.05) is 0 Å². The topological polar surface area (TPSA) is 43.4 Å². The van der Waals surface area contributed by atoms with Crippen molar-refractivity contribution in [3.63, 3.8) is 0 Å². The molecule has 0 radical (unpaired) electrons. The summed E-state index contributed by atoms with van der Waals surface area (Å²) in [7, 11) is -2.36. The van der Waals surface area contributed by atoms with Crippen LogP contribution in [-0.4, -0.2) is 19.9 Å². The molecule has 130 valence electrons. The SMILES string of the molecule is CC(C)[Si](OC1=C(Cl)C(=O)c2ccccc2C1=O)(C(C)C)C(C)C. The van der Waals surface area contributed by atoms with Gasteiger partial charge in [-0.2, -0.15) is 0 Å². The summed E-state index contributed by atoms with van der Waals surface area (Å²) in [5.74, 6) is -0.571. The fraction of sp³-hybridized carbons (Fsp3) is 0.474. The number of hydrogen-bond acceptors (Lipinski definition) is 3. The van der Waals surface area contributed by atoms with Gasteiger partial charge in [0.1, 0.15) is 5.03 Å². The van der Waals surface area contributed by atoms with Crippen molar-refractivity contribution < 1.29 is 14.0 Å². The second kappa shape index (κ2) is 6.85. The van der Waals surface area contributed by atoms with E-state index < -0.39 is 8.32 Å². The Balaban J connectivity index is 2.57. The molecule has 24 heavy (non-hydrogen) atoms. The molecular formula is C19H25ClO3Si. The number of allylic oxidation sites excluding steroid dienone is 2. The first kappa shape index (κ1) is 18.9. The molecule has 0 spiro atoms. The van der Waals surface area contributed by atoms with Crippen LogP contribution in [0.4, 0.5) is 0 Å². The molecule has 0 N–H and O–H groups in total. The summed E-state index contributed by atoms with van der Waals surface area (Å²) >= 11 is 6.28. The van der Waals surface area contributed by atoms with Gasteiger partial charge in [-0.25, -0.2) is 0 Å². The molecule has 1 aliphatic carbocycles. The van der Waals surface area contributed by atoms with Crippen LogP contribution < -0.4 is 0 Å². The summed E-state index contributed by atoms with van der Waals surface area (Å²) in [6.07, 6.45) is 0. The van der Waals surface area contributed by atoms with Crippen molar-refractivity contribution in [3.8, 4) is 0 Å². The monoisotopic (exact) mass is 364 g/mol. The molecule has 5 heteroatoms. The Kier molecular flexibility index (Phi) is 5.40. The maximum absolute atomic E-state index is 12.9. The lowest BCUT2D eigenvalue weighted by molar-refractivity contribution is 0.0937. The molecule has 1 aromatic carbocycles. The number of rotatable bonds is 5. The third-order valence-corrected chi connectivity index (χ3v) is 11.3. The lowest BCUT2D eigenvalue weighted by atomic mass is 9.94. The van der Waals surface area contributed by atoms with Gasteiger partial charge in [0, 0.05) is 11.1 Å². The summed E-state index contributed by atoms with van der Waals surface area (Å²) in [5, 5.41) is -0.0856.